The summed E-state index contributed by atoms with van der Waals surface area (Å²) in [5, 5.41) is 11.8. The van der Waals surface area contributed by atoms with E-state index < -0.39 is 11.9 Å². The second-order valence-electron chi connectivity index (χ2n) is 4.94. The standard InChI is InChI=1S/C16H16N2O3/c1-10(2)11-5-3-6-12(9-11)18-15(19)14-13(16(20)21)7-4-8-17-14/h3-10H,1-2H3,(H,18,19)(H,20,21). The van der Waals surface area contributed by atoms with Crippen molar-refractivity contribution < 1.29 is 14.7 Å². The van der Waals surface area contributed by atoms with Gasteiger partial charge in [-0.1, -0.05) is 26.0 Å². The van der Waals surface area contributed by atoms with Gasteiger partial charge in [0.15, 0.2) is 0 Å². The molecular formula is C16H16N2O3. The molecule has 5 heteroatoms. The van der Waals surface area contributed by atoms with Crippen LogP contribution >= 0.6 is 0 Å². The molecular weight excluding hydrogens is 268 g/mol. The number of hydrogen-bond acceptors (Lipinski definition) is 3. The monoisotopic (exact) mass is 284 g/mol. The van der Waals surface area contributed by atoms with Crippen LogP contribution in [0.5, 0.6) is 0 Å². The minimum absolute atomic E-state index is 0.0973. The van der Waals surface area contributed by atoms with E-state index in [4.69, 9.17) is 5.11 Å². The highest BCUT2D eigenvalue weighted by molar-refractivity contribution is 6.09. The number of carboxylic acids is 1. The van der Waals surface area contributed by atoms with E-state index >= 15 is 0 Å². The van der Waals surface area contributed by atoms with E-state index in [1.54, 1.807) is 6.07 Å². The predicted molar refractivity (Wildman–Crippen MR) is 79.7 cm³/mol. The number of carbonyl (C=O) groups is 2. The molecule has 21 heavy (non-hydrogen) atoms. The number of nitrogens with one attached hydrogen (secondary N) is 1. The first-order valence-electron chi connectivity index (χ1n) is 6.58. The number of carbonyl (C=O) groups excluding carboxylic acids is 1. The molecule has 1 aromatic carbocycles. The van der Waals surface area contributed by atoms with Gasteiger partial charge < -0.3 is 10.4 Å². The molecule has 0 fully saturated rings. The zero-order chi connectivity index (χ0) is 15.4. The number of aromatic carboxylic acids is 1. The second kappa shape index (κ2) is 6.17. The molecule has 108 valence electrons. The van der Waals surface area contributed by atoms with E-state index in [1.807, 2.05) is 18.2 Å². The van der Waals surface area contributed by atoms with E-state index in [2.05, 4.69) is 24.1 Å². The van der Waals surface area contributed by atoms with Gasteiger partial charge in [-0.15, -0.1) is 0 Å². The van der Waals surface area contributed by atoms with Crippen LogP contribution in [-0.4, -0.2) is 22.0 Å². The van der Waals surface area contributed by atoms with Gasteiger partial charge in [0, 0.05) is 11.9 Å². The molecule has 0 aliphatic heterocycles. The van der Waals surface area contributed by atoms with Crippen molar-refractivity contribution in [3.8, 4) is 0 Å². The van der Waals surface area contributed by atoms with Crippen LogP contribution in [-0.2, 0) is 0 Å². The zero-order valence-corrected chi connectivity index (χ0v) is 11.8. The maximum atomic E-state index is 12.2. The molecule has 5 nitrogen and oxygen atoms in total. The summed E-state index contributed by atoms with van der Waals surface area (Å²) in [6.45, 7) is 4.12. The van der Waals surface area contributed by atoms with Gasteiger partial charge in [0.1, 0.15) is 5.69 Å². The maximum Gasteiger partial charge on any atom is 0.338 e. The fraction of sp³-hybridized carbons (Fsp3) is 0.188. The van der Waals surface area contributed by atoms with Gasteiger partial charge in [0.25, 0.3) is 5.91 Å². The molecule has 1 amide bonds. The van der Waals surface area contributed by atoms with Crippen LogP contribution in [0.1, 0.15) is 46.2 Å². The average Bonchev–Trinajstić information content (AvgIpc) is 2.47. The van der Waals surface area contributed by atoms with Crippen LogP contribution in [0.25, 0.3) is 0 Å². The number of nitrogens with zero attached hydrogens (tertiary/aromatic N) is 1. The number of rotatable bonds is 4. The molecule has 2 rings (SSSR count). The lowest BCUT2D eigenvalue weighted by molar-refractivity contribution is 0.0691. The van der Waals surface area contributed by atoms with Crippen molar-refractivity contribution in [2.24, 2.45) is 0 Å². The summed E-state index contributed by atoms with van der Waals surface area (Å²) in [6, 6.07) is 10.3. The molecule has 0 unspecified atom stereocenters. The van der Waals surface area contributed by atoms with Crippen LogP contribution in [0.4, 0.5) is 5.69 Å². The first-order chi connectivity index (χ1) is 9.99. The lowest BCUT2D eigenvalue weighted by Gasteiger charge is -2.10. The topological polar surface area (TPSA) is 79.3 Å². The molecule has 1 aromatic heterocycles. The minimum atomic E-state index is -1.18. The van der Waals surface area contributed by atoms with Crippen molar-refractivity contribution in [2.45, 2.75) is 19.8 Å². The quantitative estimate of drug-likeness (QED) is 0.903. The third-order valence-electron chi connectivity index (χ3n) is 3.06. The SMILES string of the molecule is CC(C)c1cccc(NC(=O)c2ncccc2C(=O)O)c1. The lowest BCUT2D eigenvalue weighted by atomic mass is 10.0. The Morgan fingerprint density at radius 2 is 1.95 bits per heavy atom. The molecule has 2 aromatic rings. The maximum absolute atomic E-state index is 12.2. The van der Waals surface area contributed by atoms with Gasteiger partial charge in [-0.2, -0.15) is 0 Å². The third-order valence-corrected chi connectivity index (χ3v) is 3.06. The van der Waals surface area contributed by atoms with E-state index in [9.17, 15) is 9.59 Å². The molecule has 0 aliphatic carbocycles. The fourth-order valence-electron chi connectivity index (χ4n) is 1.92. The Morgan fingerprint density at radius 1 is 1.19 bits per heavy atom. The molecule has 2 N–H and O–H groups in total. The van der Waals surface area contributed by atoms with Crippen molar-refractivity contribution >= 4 is 17.6 Å². The first-order valence-corrected chi connectivity index (χ1v) is 6.58. The number of anilines is 1. The molecule has 0 radical (unpaired) electrons. The van der Waals surface area contributed by atoms with Gasteiger partial charge in [0.2, 0.25) is 0 Å². The summed E-state index contributed by atoms with van der Waals surface area (Å²) in [5.41, 5.74) is 1.50. The van der Waals surface area contributed by atoms with E-state index in [0.29, 0.717) is 11.6 Å². The summed E-state index contributed by atoms with van der Waals surface area (Å²) < 4.78 is 0. The van der Waals surface area contributed by atoms with Crippen LogP contribution in [0.2, 0.25) is 0 Å². The summed E-state index contributed by atoms with van der Waals surface area (Å²) in [7, 11) is 0. The van der Waals surface area contributed by atoms with Gasteiger partial charge in [-0.3, -0.25) is 9.78 Å². The molecule has 1 heterocycles. The molecule has 0 saturated heterocycles. The lowest BCUT2D eigenvalue weighted by Crippen LogP contribution is -2.18. The van der Waals surface area contributed by atoms with E-state index in [0.717, 1.165) is 5.56 Å². The Bertz CT molecular complexity index is 681. The highest BCUT2D eigenvalue weighted by Crippen LogP contribution is 2.19. The number of benzene rings is 1. The summed E-state index contributed by atoms with van der Waals surface area (Å²) in [6.07, 6.45) is 1.39. The van der Waals surface area contributed by atoms with E-state index in [-0.39, 0.29) is 11.3 Å². The molecule has 0 spiro atoms. The normalized spacial score (nSPS) is 10.4. The Balaban J connectivity index is 2.26. The Labute approximate surface area is 122 Å². The Morgan fingerprint density at radius 3 is 2.62 bits per heavy atom. The number of aromatic nitrogens is 1. The van der Waals surface area contributed by atoms with Crippen LogP contribution in [0.15, 0.2) is 42.6 Å². The summed E-state index contributed by atoms with van der Waals surface area (Å²) in [4.78, 5) is 27.1. The zero-order valence-electron chi connectivity index (χ0n) is 11.8. The highest BCUT2D eigenvalue weighted by atomic mass is 16.4. The van der Waals surface area contributed by atoms with Crippen molar-refractivity contribution in [2.75, 3.05) is 5.32 Å². The van der Waals surface area contributed by atoms with Crippen molar-refractivity contribution in [3.05, 3.63) is 59.4 Å². The van der Waals surface area contributed by atoms with Crippen LogP contribution in [0.3, 0.4) is 0 Å². The van der Waals surface area contributed by atoms with Crippen molar-refractivity contribution in [1.82, 2.24) is 4.98 Å². The largest absolute Gasteiger partial charge is 0.478 e. The van der Waals surface area contributed by atoms with Gasteiger partial charge in [-0.05, 0) is 35.7 Å². The molecule has 0 saturated carbocycles. The van der Waals surface area contributed by atoms with Crippen molar-refractivity contribution in [3.63, 3.8) is 0 Å². The predicted octanol–water partition coefficient (Wildman–Crippen LogP) is 3.16. The number of carboxylic acid groups (broad SMARTS) is 1. The number of amides is 1. The highest BCUT2D eigenvalue weighted by Gasteiger charge is 2.17. The van der Waals surface area contributed by atoms with Crippen LogP contribution in [0, 0.1) is 0 Å². The van der Waals surface area contributed by atoms with E-state index in [1.165, 1.54) is 18.3 Å². The summed E-state index contributed by atoms with van der Waals surface area (Å²) >= 11 is 0. The Hall–Kier alpha value is -2.69. The minimum Gasteiger partial charge on any atom is -0.478 e. The molecule has 0 atom stereocenters. The van der Waals surface area contributed by atoms with Crippen LogP contribution < -0.4 is 5.32 Å². The molecule has 0 bridgehead atoms. The first kappa shape index (κ1) is 14.7. The van der Waals surface area contributed by atoms with Gasteiger partial charge in [-0.25, -0.2) is 4.79 Å². The van der Waals surface area contributed by atoms with Crippen molar-refractivity contribution in [1.29, 1.82) is 0 Å². The number of hydrogen-bond donors (Lipinski definition) is 2. The summed E-state index contributed by atoms with van der Waals surface area (Å²) in [5.74, 6) is -1.37. The van der Waals surface area contributed by atoms with Gasteiger partial charge in [0.05, 0.1) is 5.56 Å². The molecule has 0 aliphatic rings. The average molecular weight is 284 g/mol. The Kier molecular flexibility index (Phi) is 4.33. The fourth-order valence-corrected chi connectivity index (χ4v) is 1.92. The third kappa shape index (κ3) is 3.45. The second-order valence-corrected chi connectivity index (χ2v) is 4.94. The number of pyridine rings is 1. The van der Waals surface area contributed by atoms with Gasteiger partial charge >= 0.3 is 5.97 Å². The smallest absolute Gasteiger partial charge is 0.338 e.